The van der Waals surface area contributed by atoms with Gasteiger partial charge in [0, 0.05) is 23.3 Å². The second kappa shape index (κ2) is 8.62. The van der Waals surface area contributed by atoms with E-state index in [0.717, 1.165) is 61.2 Å². The second-order valence-electron chi connectivity index (χ2n) is 8.52. The van der Waals surface area contributed by atoms with Crippen LogP contribution in [0.3, 0.4) is 0 Å². The molecule has 0 aliphatic heterocycles. The van der Waals surface area contributed by atoms with Crippen molar-refractivity contribution in [1.29, 1.82) is 0 Å². The molecule has 5 heteroatoms. The van der Waals surface area contributed by atoms with E-state index in [1.165, 1.54) is 41.4 Å². The molecule has 1 aliphatic rings. The van der Waals surface area contributed by atoms with Crippen LogP contribution < -0.4 is 15.8 Å². The number of aromatic nitrogens is 2. The number of anilines is 1. The predicted octanol–water partition coefficient (Wildman–Crippen LogP) is 4.83. The minimum atomic E-state index is 0.147. The van der Waals surface area contributed by atoms with E-state index in [9.17, 15) is 0 Å². The van der Waals surface area contributed by atoms with E-state index in [2.05, 4.69) is 41.9 Å². The first-order valence-electron chi connectivity index (χ1n) is 11.1. The molecule has 0 bridgehead atoms. The number of nitrogens with one attached hydrogen (secondary N) is 1. The van der Waals surface area contributed by atoms with Crippen LogP contribution in [0.15, 0.2) is 18.2 Å². The van der Waals surface area contributed by atoms with Crippen molar-refractivity contribution >= 4 is 27.6 Å². The lowest BCUT2D eigenvalue weighted by Gasteiger charge is -2.12. The lowest BCUT2D eigenvalue weighted by atomic mass is 10.0. The molecule has 3 aromatic rings. The minimum absolute atomic E-state index is 0.147. The Balaban J connectivity index is 1.90. The van der Waals surface area contributed by atoms with E-state index in [1.807, 2.05) is 7.05 Å². The van der Waals surface area contributed by atoms with E-state index >= 15 is 0 Å². The highest BCUT2D eigenvalue weighted by Gasteiger charge is 2.21. The van der Waals surface area contributed by atoms with Gasteiger partial charge in [-0.25, -0.2) is 4.98 Å². The van der Waals surface area contributed by atoms with E-state index in [0.29, 0.717) is 0 Å². The van der Waals surface area contributed by atoms with Gasteiger partial charge in [0.25, 0.3) is 0 Å². The monoisotopic (exact) mass is 394 g/mol. The lowest BCUT2D eigenvalue weighted by Crippen LogP contribution is -2.09. The number of hydrogen-bond acceptors (Lipinski definition) is 4. The number of ether oxygens (including phenoxy) is 1. The van der Waals surface area contributed by atoms with Crippen LogP contribution in [0.1, 0.15) is 57.2 Å². The average Bonchev–Trinajstić information content (AvgIpc) is 2.83. The summed E-state index contributed by atoms with van der Waals surface area (Å²) in [5.41, 5.74) is 12.5. The number of aryl methyl sites for hydroxylation is 2. The lowest BCUT2D eigenvalue weighted by molar-refractivity contribution is 0.243. The predicted molar refractivity (Wildman–Crippen MR) is 122 cm³/mol. The zero-order valence-corrected chi connectivity index (χ0v) is 18.1. The standard InChI is InChI=1S/C24H34N4O/c1-16(2)29-17-11-12-21-19(15-17)22-23(25)18-9-5-4-6-10-20(18)27-24(22)28(21)14-8-7-13-26-3/h11-12,15-16,26H,4-10,13-14H2,1-3H3,(H2,25,27). The number of benzene rings is 1. The highest BCUT2D eigenvalue weighted by Crippen LogP contribution is 2.38. The Morgan fingerprint density at radius 2 is 2.00 bits per heavy atom. The van der Waals surface area contributed by atoms with Crippen molar-refractivity contribution < 1.29 is 4.74 Å². The van der Waals surface area contributed by atoms with Gasteiger partial charge in [0.1, 0.15) is 11.4 Å². The zero-order valence-electron chi connectivity index (χ0n) is 18.1. The average molecular weight is 395 g/mol. The van der Waals surface area contributed by atoms with Crippen LogP contribution in [-0.4, -0.2) is 29.2 Å². The Bertz CT molecular complexity index is 1010. The maximum atomic E-state index is 6.81. The van der Waals surface area contributed by atoms with E-state index in [-0.39, 0.29) is 6.10 Å². The van der Waals surface area contributed by atoms with Crippen molar-refractivity contribution in [2.75, 3.05) is 19.3 Å². The van der Waals surface area contributed by atoms with Crippen molar-refractivity contribution in [1.82, 2.24) is 14.9 Å². The van der Waals surface area contributed by atoms with Crippen LogP contribution in [0, 0.1) is 0 Å². The number of nitrogens with zero attached hydrogens (tertiary/aromatic N) is 2. The second-order valence-corrected chi connectivity index (χ2v) is 8.52. The van der Waals surface area contributed by atoms with E-state index in [4.69, 9.17) is 15.5 Å². The fourth-order valence-corrected chi connectivity index (χ4v) is 4.60. The Hall–Kier alpha value is -2.27. The van der Waals surface area contributed by atoms with Crippen molar-refractivity contribution in [2.24, 2.45) is 0 Å². The topological polar surface area (TPSA) is 65.1 Å². The normalized spacial score (nSPS) is 14.5. The molecule has 4 rings (SSSR count). The van der Waals surface area contributed by atoms with Crippen LogP contribution >= 0.6 is 0 Å². The van der Waals surface area contributed by atoms with Crippen LogP contribution in [0.4, 0.5) is 5.69 Å². The van der Waals surface area contributed by atoms with Crippen LogP contribution in [0.2, 0.25) is 0 Å². The summed E-state index contributed by atoms with van der Waals surface area (Å²) in [5, 5.41) is 5.53. The maximum absolute atomic E-state index is 6.81. The molecular formula is C24H34N4O. The Kier molecular flexibility index (Phi) is 5.95. The fraction of sp³-hybridized carbons (Fsp3) is 0.542. The quantitative estimate of drug-likeness (QED) is 0.445. The van der Waals surface area contributed by atoms with Gasteiger partial charge in [0.2, 0.25) is 0 Å². The third-order valence-corrected chi connectivity index (χ3v) is 5.96. The summed E-state index contributed by atoms with van der Waals surface area (Å²) in [5.74, 6) is 0.899. The van der Waals surface area contributed by atoms with Crippen LogP contribution in [0.25, 0.3) is 21.9 Å². The van der Waals surface area contributed by atoms with Gasteiger partial charge in [-0.15, -0.1) is 0 Å². The molecule has 29 heavy (non-hydrogen) atoms. The molecule has 2 aromatic heterocycles. The first-order valence-corrected chi connectivity index (χ1v) is 11.1. The molecule has 5 nitrogen and oxygen atoms in total. The largest absolute Gasteiger partial charge is 0.491 e. The molecule has 0 saturated carbocycles. The molecule has 0 unspecified atom stereocenters. The molecule has 156 valence electrons. The molecule has 3 N–H and O–H groups in total. The summed E-state index contributed by atoms with van der Waals surface area (Å²) in [6, 6.07) is 6.41. The van der Waals surface area contributed by atoms with Gasteiger partial charge < -0.3 is 20.4 Å². The summed E-state index contributed by atoms with van der Waals surface area (Å²) in [4.78, 5) is 5.19. The van der Waals surface area contributed by atoms with Crippen molar-refractivity contribution in [3.8, 4) is 5.75 Å². The zero-order chi connectivity index (χ0) is 20.4. The summed E-state index contributed by atoms with van der Waals surface area (Å²) in [6.45, 7) is 6.11. The molecule has 0 radical (unpaired) electrons. The first kappa shape index (κ1) is 20.0. The summed E-state index contributed by atoms with van der Waals surface area (Å²) in [6.07, 6.45) is 8.16. The van der Waals surface area contributed by atoms with Gasteiger partial charge in [-0.2, -0.15) is 0 Å². The number of fused-ring (bicyclic) bond motifs is 4. The van der Waals surface area contributed by atoms with Gasteiger partial charge in [-0.05, 0) is 89.7 Å². The molecule has 1 aliphatic carbocycles. The van der Waals surface area contributed by atoms with Gasteiger partial charge in [-0.3, -0.25) is 0 Å². The number of unbranched alkanes of at least 4 members (excludes halogenated alkanes) is 1. The Morgan fingerprint density at radius 1 is 1.17 bits per heavy atom. The minimum Gasteiger partial charge on any atom is -0.491 e. The summed E-state index contributed by atoms with van der Waals surface area (Å²) < 4.78 is 8.36. The fourth-order valence-electron chi connectivity index (χ4n) is 4.60. The van der Waals surface area contributed by atoms with Gasteiger partial charge in [0.05, 0.1) is 17.0 Å². The number of nitrogens with two attached hydrogens (primary N) is 1. The van der Waals surface area contributed by atoms with Crippen LogP contribution in [-0.2, 0) is 19.4 Å². The number of rotatable bonds is 7. The van der Waals surface area contributed by atoms with Crippen molar-refractivity contribution in [2.45, 2.75) is 71.4 Å². The van der Waals surface area contributed by atoms with Crippen molar-refractivity contribution in [3.05, 3.63) is 29.5 Å². The molecule has 0 saturated heterocycles. The van der Waals surface area contributed by atoms with E-state index in [1.54, 1.807) is 0 Å². The molecule has 2 heterocycles. The van der Waals surface area contributed by atoms with Gasteiger partial charge >= 0.3 is 0 Å². The Morgan fingerprint density at radius 3 is 2.79 bits per heavy atom. The molecule has 0 fully saturated rings. The maximum Gasteiger partial charge on any atom is 0.143 e. The molecule has 0 atom stereocenters. The number of nitrogen functional groups attached to an aromatic ring is 1. The van der Waals surface area contributed by atoms with Gasteiger partial charge in [-0.1, -0.05) is 6.42 Å². The Labute approximate surface area is 173 Å². The highest BCUT2D eigenvalue weighted by atomic mass is 16.5. The van der Waals surface area contributed by atoms with Crippen molar-refractivity contribution in [3.63, 3.8) is 0 Å². The number of pyridine rings is 1. The van der Waals surface area contributed by atoms with Gasteiger partial charge in [0.15, 0.2) is 0 Å². The van der Waals surface area contributed by atoms with Crippen LogP contribution in [0.5, 0.6) is 5.75 Å². The molecular weight excluding hydrogens is 360 g/mol. The summed E-state index contributed by atoms with van der Waals surface area (Å²) in [7, 11) is 2.01. The van der Waals surface area contributed by atoms with E-state index < -0.39 is 0 Å². The summed E-state index contributed by atoms with van der Waals surface area (Å²) >= 11 is 0. The third kappa shape index (κ3) is 3.93. The SMILES string of the molecule is CNCCCCn1c2ccc(OC(C)C)cc2c2c(N)c3c(nc21)CCCCC3. The molecule has 0 spiro atoms. The smallest absolute Gasteiger partial charge is 0.143 e. The highest BCUT2D eigenvalue weighted by molar-refractivity contribution is 6.13. The molecule has 1 aromatic carbocycles. The molecule has 0 amide bonds. The third-order valence-electron chi connectivity index (χ3n) is 5.96. The number of hydrogen-bond donors (Lipinski definition) is 2. The first-order chi connectivity index (χ1) is 14.1.